The first kappa shape index (κ1) is 15.7. The van der Waals surface area contributed by atoms with Crippen molar-refractivity contribution >= 4 is 5.91 Å². The second kappa shape index (κ2) is 6.50. The van der Waals surface area contributed by atoms with Gasteiger partial charge in [0.25, 0.3) is 5.91 Å². The van der Waals surface area contributed by atoms with Gasteiger partial charge in [0.05, 0.1) is 0 Å². The number of halogens is 1. The van der Waals surface area contributed by atoms with Gasteiger partial charge < -0.3 is 10.6 Å². The molecular formula is C19H21FN2O. The highest BCUT2D eigenvalue weighted by Crippen LogP contribution is 2.32. The number of nitrogens with zero attached hydrogens (tertiary/aromatic N) is 1. The molecule has 0 spiro atoms. The fourth-order valence-electron chi connectivity index (χ4n) is 3.26. The molecule has 0 saturated carbocycles. The molecule has 2 atom stereocenters. The van der Waals surface area contributed by atoms with E-state index in [9.17, 15) is 9.18 Å². The van der Waals surface area contributed by atoms with Crippen molar-refractivity contribution in [3.05, 3.63) is 71.0 Å². The van der Waals surface area contributed by atoms with Crippen LogP contribution in [0.3, 0.4) is 0 Å². The third-order valence-corrected chi connectivity index (χ3v) is 4.68. The van der Waals surface area contributed by atoms with Crippen LogP contribution in [0.15, 0.2) is 48.5 Å². The van der Waals surface area contributed by atoms with Gasteiger partial charge >= 0.3 is 0 Å². The van der Waals surface area contributed by atoms with Gasteiger partial charge in [0.1, 0.15) is 5.82 Å². The molecule has 0 radical (unpaired) electrons. The number of hydrogen-bond acceptors (Lipinski definition) is 2. The molecular weight excluding hydrogens is 291 g/mol. The highest BCUT2D eigenvalue weighted by atomic mass is 19.1. The first-order valence-corrected chi connectivity index (χ1v) is 7.90. The maximum atomic E-state index is 13.7. The van der Waals surface area contributed by atoms with Crippen molar-refractivity contribution in [2.24, 2.45) is 11.7 Å². The summed E-state index contributed by atoms with van der Waals surface area (Å²) >= 11 is 0. The zero-order chi connectivity index (χ0) is 16.4. The molecule has 2 N–H and O–H groups in total. The van der Waals surface area contributed by atoms with Crippen molar-refractivity contribution in [1.29, 1.82) is 0 Å². The molecule has 0 unspecified atom stereocenters. The molecule has 3 nitrogen and oxygen atoms in total. The lowest BCUT2D eigenvalue weighted by Gasteiger charge is -2.17. The van der Waals surface area contributed by atoms with Crippen LogP contribution in [0.5, 0.6) is 0 Å². The van der Waals surface area contributed by atoms with Crippen LogP contribution in [0, 0.1) is 18.7 Å². The summed E-state index contributed by atoms with van der Waals surface area (Å²) in [6.45, 7) is 3.46. The molecule has 0 aromatic heterocycles. The van der Waals surface area contributed by atoms with Crippen molar-refractivity contribution in [2.75, 3.05) is 19.6 Å². The van der Waals surface area contributed by atoms with E-state index in [2.05, 4.69) is 12.1 Å². The molecule has 1 aliphatic heterocycles. The van der Waals surface area contributed by atoms with E-state index >= 15 is 0 Å². The zero-order valence-corrected chi connectivity index (χ0v) is 13.2. The van der Waals surface area contributed by atoms with Gasteiger partial charge in [0.15, 0.2) is 0 Å². The molecule has 3 rings (SSSR count). The predicted molar refractivity (Wildman–Crippen MR) is 88.8 cm³/mol. The fraction of sp³-hybridized carbons (Fsp3) is 0.316. The summed E-state index contributed by atoms with van der Waals surface area (Å²) in [5.41, 5.74) is 8.06. The second-order valence-electron chi connectivity index (χ2n) is 6.19. The Bertz CT molecular complexity index is 702. The normalized spacial score (nSPS) is 20.7. The smallest absolute Gasteiger partial charge is 0.253 e. The van der Waals surface area contributed by atoms with E-state index in [0.29, 0.717) is 30.8 Å². The Labute approximate surface area is 135 Å². The van der Waals surface area contributed by atoms with Crippen molar-refractivity contribution in [3.8, 4) is 0 Å². The molecule has 1 amide bonds. The molecule has 1 heterocycles. The van der Waals surface area contributed by atoms with Crippen LogP contribution in [0.25, 0.3) is 0 Å². The van der Waals surface area contributed by atoms with Crippen LogP contribution in [0.1, 0.15) is 27.4 Å². The molecule has 1 aliphatic rings. The summed E-state index contributed by atoms with van der Waals surface area (Å²) in [6, 6.07) is 14.8. The summed E-state index contributed by atoms with van der Waals surface area (Å²) < 4.78 is 13.7. The Kier molecular flexibility index (Phi) is 4.44. The lowest BCUT2D eigenvalue weighted by atomic mass is 9.89. The van der Waals surface area contributed by atoms with Crippen molar-refractivity contribution in [2.45, 2.75) is 12.8 Å². The molecule has 4 heteroatoms. The second-order valence-corrected chi connectivity index (χ2v) is 6.19. The average molecular weight is 312 g/mol. The van der Waals surface area contributed by atoms with Gasteiger partial charge in [-0.25, -0.2) is 4.39 Å². The van der Waals surface area contributed by atoms with Crippen molar-refractivity contribution in [1.82, 2.24) is 4.90 Å². The minimum Gasteiger partial charge on any atom is -0.338 e. The van der Waals surface area contributed by atoms with Crippen molar-refractivity contribution < 1.29 is 9.18 Å². The van der Waals surface area contributed by atoms with E-state index in [-0.39, 0.29) is 23.6 Å². The van der Waals surface area contributed by atoms with E-state index < -0.39 is 0 Å². The lowest BCUT2D eigenvalue weighted by Crippen LogP contribution is -2.29. The molecule has 0 bridgehead atoms. The number of aryl methyl sites for hydroxylation is 1. The van der Waals surface area contributed by atoms with Gasteiger partial charge in [0.2, 0.25) is 0 Å². The highest BCUT2D eigenvalue weighted by molar-refractivity contribution is 5.94. The van der Waals surface area contributed by atoms with E-state index in [0.717, 1.165) is 0 Å². The predicted octanol–water partition coefficient (Wildman–Crippen LogP) is 2.95. The third-order valence-electron chi connectivity index (χ3n) is 4.68. The Morgan fingerprint density at radius 3 is 2.61 bits per heavy atom. The standard InChI is InChI=1S/C19H21FN2O/c1-13-7-8-15(9-18(13)20)19(23)22-11-16(10-21)17(12-22)14-5-3-2-4-6-14/h2-9,16-17H,10-12,21H2,1H3/t16-,17+/m1/s1. The number of amides is 1. The summed E-state index contributed by atoms with van der Waals surface area (Å²) in [5.74, 6) is 0.00269. The number of rotatable bonds is 3. The maximum Gasteiger partial charge on any atom is 0.253 e. The van der Waals surface area contributed by atoms with Gasteiger partial charge in [-0.05, 0) is 42.6 Å². The number of benzene rings is 2. The van der Waals surface area contributed by atoms with Crippen LogP contribution in [0.2, 0.25) is 0 Å². The topological polar surface area (TPSA) is 46.3 Å². The lowest BCUT2D eigenvalue weighted by molar-refractivity contribution is 0.0786. The van der Waals surface area contributed by atoms with E-state index in [4.69, 9.17) is 5.73 Å². The van der Waals surface area contributed by atoms with Gasteiger partial charge in [-0.1, -0.05) is 36.4 Å². The van der Waals surface area contributed by atoms with Crippen LogP contribution in [0.4, 0.5) is 4.39 Å². The van der Waals surface area contributed by atoms with Crippen LogP contribution < -0.4 is 5.73 Å². The molecule has 2 aromatic rings. The largest absolute Gasteiger partial charge is 0.338 e. The number of likely N-dealkylation sites (tertiary alicyclic amines) is 1. The van der Waals surface area contributed by atoms with Crippen LogP contribution in [-0.2, 0) is 0 Å². The molecule has 2 aromatic carbocycles. The summed E-state index contributed by atoms with van der Waals surface area (Å²) in [5, 5.41) is 0. The molecule has 1 fully saturated rings. The summed E-state index contributed by atoms with van der Waals surface area (Å²) in [4.78, 5) is 14.5. The first-order valence-electron chi connectivity index (χ1n) is 7.90. The van der Waals surface area contributed by atoms with Crippen molar-refractivity contribution in [3.63, 3.8) is 0 Å². The quantitative estimate of drug-likeness (QED) is 0.947. The zero-order valence-electron chi connectivity index (χ0n) is 13.2. The summed E-state index contributed by atoms with van der Waals surface area (Å²) in [6.07, 6.45) is 0. The Balaban J connectivity index is 1.81. The van der Waals surface area contributed by atoms with Gasteiger partial charge in [-0.3, -0.25) is 4.79 Å². The summed E-state index contributed by atoms with van der Waals surface area (Å²) in [7, 11) is 0. The minimum absolute atomic E-state index is 0.124. The minimum atomic E-state index is -0.343. The molecule has 120 valence electrons. The van der Waals surface area contributed by atoms with E-state index in [1.54, 1.807) is 24.0 Å². The number of hydrogen-bond donors (Lipinski definition) is 1. The highest BCUT2D eigenvalue weighted by Gasteiger charge is 2.35. The van der Waals surface area contributed by atoms with Gasteiger partial charge in [-0.15, -0.1) is 0 Å². The number of nitrogens with two attached hydrogens (primary N) is 1. The van der Waals surface area contributed by atoms with E-state index in [1.807, 2.05) is 18.2 Å². The Hall–Kier alpha value is -2.20. The Morgan fingerprint density at radius 1 is 1.22 bits per heavy atom. The third kappa shape index (κ3) is 3.13. The van der Waals surface area contributed by atoms with Crippen LogP contribution in [-0.4, -0.2) is 30.4 Å². The van der Waals surface area contributed by atoms with Crippen LogP contribution >= 0.6 is 0 Å². The number of carbonyl (C=O) groups is 1. The monoisotopic (exact) mass is 312 g/mol. The maximum absolute atomic E-state index is 13.7. The average Bonchev–Trinajstić information content (AvgIpc) is 3.02. The van der Waals surface area contributed by atoms with Gasteiger partial charge in [-0.2, -0.15) is 0 Å². The van der Waals surface area contributed by atoms with Gasteiger partial charge in [0, 0.05) is 24.6 Å². The fourth-order valence-corrected chi connectivity index (χ4v) is 3.26. The molecule has 0 aliphatic carbocycles. The van der Waals surface area contributed by atoms with E-state index in [1.165, 1.54) is 11.6 Å². The Morgan fingerprint density at radius 2 is 1.96 bits per heavy atom. The number of carbonyl (C=O) groups excluding carboxylic acids is 1. The SMILES string of the molecule is Cc1ccc(C(=O)N2C[C@@H](CN)[C@H](c3ccccc3)C2)cc1F. The first-order chi connectivity index (χ1) is 11.1. The molecule has 23 heavy (non-hydrogen) atoms. The molecule has 1 saturated heterocycles.